The van der Waals surface area contributed by atoms with Gasteiger partial charge < -0.3 is 4.74 Å². The van der Waals surface area contributed by atoms with Crippen LogP contribution in [-0.2, 0) is 4.74 Å². The number of fused-ring (bicyclic) bond motifs is 4. The molecule has 5 atom stereocenters. The molecular weight excluding hydrogens is 268 g/mol. The Hall–Kier alpha value is -0.720. The third-order valence-corrected chi connectivity index (χ3v) is 8.01. The van der Waals surface area contributed by atoms with Crippen LogP contribution in [0.15, 0.2) is 23.0 Å². The van der Waals surface area contributed by atoms with Crippen molar-refractivity contribution in [2.45, 2.75) is 71.6 Å². The van der Waals surface area contributed by atoms with Crippen molar-refractivity contribution in [3.63, 3.8) is 0 Å². The summed E-state index contributed by atoms with van der Waals surface area (Å²) in [6.07, 6.45) is 14.8. The van der Waals surface area contributed by atoms with E-state index in [-0.39, 0.29) is 0 Å². The van der Waals surface area contributed by atoms with Crippen LogP contribution in [0.5, 0.6) is 0 Å². The molecule has 0 radical (unpaired) electrons. The summed E-state index contributed by atoms with van der Waals surface area (Å²) >= 11 is 0. The Morgan fingerprint density at radius 3 is 2.86 bits per heavy atom. The SMILES string of the molecule is CC[C@H]1CC[C@H]2[C@@H]3CCC4=C(CC=C(OC)C4)[C@H]3CC[C@]12C. The molecule has 2 fully saturated rings. The van der Waals surface area contributed by atoms with Crippen LogP contribution < -0.4 is 0 Å². The van der Waals surface area contributed by atoms with Crippen molar-refractivity contribution in [1.29, 1.82) is 0 Å². The molecule has 0 aromatic carbocycles. The Morgan fingerprint density at radius 2 is 2.09 bits per heavy atom. The van der Waals surface area contributed by atoms with E-state index in [2.05, 4.69) is 19.9 Å². The second kappa shape index (κ2) is 5.42. The number of ether oxygens (including phenoxy) is 1. The number of allylic oxidation sites excluding steroid dienone is 3. The van der Waals surface area contributed by atoms with Gasteiger partial charge in [-0.1, -0.05) is 31.4 Å². The molecule has 0 aromatic rings. The third kappa shape index (κ3) is 2.03. The predicted octanol–water partition coefficient (Wildman–Crippen LogP) is 5.87. The van der Waals surface area contributed by atoms with Crippen LogP contribution in [0.2, 0.25) is 0 Å². The summed E-state index contributed by atoms with van der Waals surface area (Å²) in [5, 5.41) is 0. The van der Waals surface area contributed by atoms with Gasteiger partial charge in [0.25, 0.3) is 0 Å². The molecule has 2 saturated carbocycles. The topological polar surface area (TPSA) is 9.23 Å². The van der Waals surface area contributed by atoms with Gasteiger partial charge in [0.2, 0.25) is 0 Å². The Labute approximate surface area is 136 Å². The summed E-state index contributed by atoms with van der Waals surface area (Å²) in [6.45, 7) is 5.06. The molecule has 0 aliphatic heterocycles. The summed E-state index contributed by atoms with van der Waals surface area (Å²) in [6, 6.07) is 0. The van der Waals surface area contributed by atoms with Crippen LogP contribution in [-0.4, -0.2) is 7.11 Å². The molecule has 0 spiro atoms. The van der Waals surface area contributed by atoms with E-state index in [4.69, 9.17) is 4.74 Å². The van der Waals surface area contributed by atoms with Gasteiger partial charge in [0.05, 0.1) is 12.9 Å². The summed E-state index contributed by atoms with van der Waals surface area (Å²) < 4.78 is 5.52. The van der Waals surface area contributed by atoms with Gasteiger partial charge in [-0.25, -0.2) is 0 Å². The molecule has 0 N–H and O–H groups in total. The maximum absolute atomic E-state index is 5.52. The molecule has 0 bridgehead atoms. The molecule has 4 aliphatic carbocycles. The number of rotatable bonds is 2. The van der Waals surface area contributed by atoms with Gasteiger partial charge in [0, 0.05) is 6.42 Å². The van der Waals surface area contributed by atoms with Crippen molar-refractivity contribution in [2.75, 3.05) is 7.11 Å². The van der Waals surface area contributed by atoms with E-state index in [1.54, 1.807) is 5.57 Å². The van der Waals surface area contributed by atoms with Crippen LogP contribution >= 0.6 is 0 Å². The zero-order chi connectivity index (χ0) is 15.3. The normalized spacial score (nSPS) is 44.0. The van der Waals surface area contributed by atoms with Gasteiger partial charge >= 0.3 is 0 Å². The zero-order valence-electron chi connectivity index (χ0n) is 14.7. The molecule has 1 heteroatoms. The molecule has 0 aromatic heterocycles. The lowest BCUT2D eigenvalue weighted by atomic mass is 9.53. The van der Waals surface area contributed by atoms with Crippen molar-refractivity contribution in [1.82, 2.24) is 0 Å². The van der Waals surface area contributed by atoms with Gasteiger partial charge in [0.15, 0.2) is 0 Å². The highest BCUT2D eigenvalue weighted by Gasteiger charge is 2.54. The minimum Gasteiger partial charge on any atom is -0.501 e. The molecule has 122 valence electrons. The van der Waals surface area contributed by atoms with Crippen molar-refractivity contribution < 1.29 is 4.74 Å². The van der Waals surface area contributed by atoms with E-state index < -0.39 is 0 Å². The Kier molecular flexibility index (Phi) is 3.66. The fourth-order valence-electron chi connectivity index (χ4n) is 6.83. The number of hydrogen-bond donors (Lipinski definition) is 0. The third-order valence-electron chi connectivity index (χ3n) is 8.01. The average molecular weight is 300 g/mol. The standard InChI is InChI=1S/C21H32O/c1-4-15-6-10-20-19-8-5-14-13-16(22-3)7-9-17(14)18(19)11-12-21(15,20)2/h7,15,18-20H,4-6,8-13H2,1-3H3/t15-,18+,19+,20-,21+/m0/s1. The molecule has 1 nitrogen and oxygen atoms in total. The lowest BCUT2D eigenvalue weighted by molar-refractivity contribution is 0.0131. The first-order chi connectivity index (χ1) is 10.7. The molecule has 22 heavy (non-hydrogen) atoms. The van der Waals surface area contributed by atoms with E-state index >= 15 is 0 Å². The minimum atomic E-state index is 0.663. The first-order valence-electron chi connectivity index (χ1n) is 9.61. The Bertz CT molecular complexity index is 514. The smallest absolute Gasteiger partial charge is 0.0959 e. The molecule has 4 rings (SSSR count). The second-order valence-corrected chi connectivity index (χ2v) is 8.53. The zero-order valence-corrected chi connectivity index (χ0v) is 14.7. The molecule has 0 heterocycles. The minimum absolute atomic E-state index is 0.663. The monoisotopic (exact) mass is 300 g/mol. The highest BCUT2D eigenvalue weighted by molar-refractivity contribution is 5.32. The maximum atomic E-state index is 5.52. The number of hydrogen-bond acceptors (Lipinski definition) is 1. The quantitative estimate of drug-likeness (QED) is 0.579. The van der Waals surface area contributed by atoms with Crippen molar-refractivity contribution in [3.05, 3.63) is 23.0 Å². The summed E-state index contributed by atoms with van der Waals surface area (Å²) in [7, 11) is 1.83. The van der Waals surface area contributed by atoms with Crippen molar-refractivity contribution in [2.24, 2.45) is 29.1 Å². The van der Waals surface area contributed by atoms with Crippen LogP contribution in [0.3, 0.4) is 0 Å². The highest BCUT2D eigenvalue weighted by Crippen LogP contribution is 2.63. The van der Waals surface area contributed by atoms with Crippen molar-refractivity contribution >= 4 is 0 Å². The lowest BCUT2D eigenvalue weighted by Crippen LogP contribution is -2.43. The van der Waals surface area contributed by atoms with E-state index in [0.717, 1.165) is 30.1 Å². The molecule has 0 saturated heterocycles. The first kappa shape index (κ1) is 14.8. The van der Waals surface area contributed by atoms with Crippen LogP contribution in [0, 0.1) is 29.1 Å². The van der Waals surface area contributed by atoms with E-state index in [1.165, 1.54) is 57.1 Å². The lowest BCUT2D eigenvalue weighted by Gasteiger charge is -2.52. The molecule has 0 amide bonds. The molecule has 4 aliphatic rings. The van der Waals surface area contributed by atoms with Gasteiger partial charge in [-0.15, -0.1) is 0 Å². The highest BCUT2D eigenvalue weighted by atomic mass is 16.5. The van der Waals surface area contributed by atoms with Crippen LogP contribution in [0.25, 0.3) is 0 Å². The molecule has 0 unspecified atom stereocenters. The largest absolute Gasteiger partial charge is 0.501 e. The number of methoxy groups -OCH3 is 1. The van der Waals surface area contributed by atoms with E-state index in [9.17, 15) is 0 Å². The van der Waals surface area contributed by atoms with Crippen LogP contribution in [0.4, 0.5) is 0 Å². The fourth-order valence-corrected chi connectivity index (χ4v) is 6.83. The second-order valence-electron chi connectivity index (χ2n) is 8.53. The van der Waals surface area contributed by atoms with E-state index in [0.29, 0.717) is 5.41 Å². The van der Waals surface area contributed by atoms with Crippen LogP contribution in [0.1, 0.15) is 71.6 Å². The van der Waals surface area contributed by atoms with E-state index in [1.807, 2.05) is 12.7 Å². The van der Waals surface area contributed by atoms with Gasteiger partial charge in [0.1, 0.15) is 0 Å². The summed E-state index contributed by atoms with van der Waals surface area (Å²) in [5.74, 6) is 5.13. The van der Waals surface area contributed by atoms with Gasteiger partial charge in [-0.2, -0.15) is 0 Å². The van der Waals surface area contributed by atoms with Crippen molar-refractivity contribution in [3.8, 4) is 0 Å². The average Bonchev–Trinajstić information content (AvgIpc) is 2.90. The first-order valence-corrected chi connectivity index (χ1v) is 9.61. The summed E-state index contributed by atoms with van der Waals surface area (Å²) in [5.41, 5.74) is 4.24. The Morgan fingerprint density at radius 1 is 1.23 bits per heavy atom. The maximum Gasteiger partial charge on any atom is 0.0959 e. The van der Waals surface area contributed by atoms with Gasteiger partial charge in [-0.05, 0) is 80.1 Å². The predicted molar refractivity (Wildman–Crippen MR) is 91.4 cm³/mol. The van der Waals surface area contributed by atoms with Gasteiger partial charge in [-0.3, -0.25) is 0 Å². The fraction of sp³-hybridized carbons (Fsp3) is 0.810. The Balaban J connectivity index is 1.59. The summed E-state index contributed by atoms with van der Waals surface area (Å²) in [4.78, 5) is 0. The molecular formula is C21H32O.